The minimum atomic E-state index is 0.0956. The molecule has 0 fully saturated rings. The van der Waals surface area contributed by atoms with Gasteiger partial charge in [-0.2, -0.15) is 0 Å². The van der Waals surface area contributed by atoms with Gasteiger partial charge < -0.3 is 5.11 Å². The van der Waals surface area contributed by atoms with E-state index in [4.69, 9.17) is 0 Å². The van der Waals surface area contributed by atoms with E-state index in [9.17, 15) is 5.11 Å². The van der Waals surface area contributed by atoms with Gasteiger partial charge in [0.05, 0.1) is 6.61 Å². The van der Waals surface area contributed by atoms with E-state index in [0.717, 1.165) is 5.56 Å². The lowest BCUT2D eigenvalue weighted by Crippen LogP contribution is -1.98. The van der Waals surface area contributed by atoms with Gasteiger partial charge in [-0.05, 0) is 21.9 Å². The van der Waals surface area contributed by atoms with Crippen molar-refractivity contribution in [1.82, 2.24) is 0 Å². The van der Waals surface area contributed by atoms with E-state index in [-0.39, 0.29) is 6.61 Å². The summed E-state index contributed by atoms with van der Waals surface area (Å²) in [6, 6.07) is 12.4. The maximum absolute atomic E-state index is 9.49. The zero-order valence-electron chi connectivity index (χ0n) is 9.51. The molecule has 0 saturated carbocycles. The molecule has 1 aliphatic rings. The number of benzene rings is 2. The van der Waals surface area contributed by atoms with Crippen LogP contribution in [0.1, 0.15) is 17.0 Å². The summed E-state index contributed by atoms with van der Waals surface area (Å²) in [5, 5.41) is 12.0. The van der Waals surface area contributed by atoms with Crippen molar-refractivity contribution in [3.63, 3.8) is 0 Å². The largest absolute Gasteiger partial charge is 0.392 e. The smallest absolute Gasteiger partial charge is 0.0685 e. The first-order valence-corrected chi connectivity index (χ1v) is 5.86. The van der Waals surface area contributed by atoms with Gasteiger partial charge in [-0.1, -0.05) is 60.7 Å². The third kappa shape index (κ3) is 1.69. The summed E-state index contributed by atoms with van der Waals surface area (Å²) in [6.45, 7) is 0.0956. The molecule has 2 aromatic rings. The Morgan fingerprint density at radius 2 is 1.71 bits per heavy atom. The third-order valence-electron chi connectivity index (χ3n) is 3.31. The average Bonchev–Trinajstić information content (AvgIpc) is 2.91. The van der Waals surface area contributed by atoms with Crippen LogP contribution in [0, 0.1) is 0 Å². The van der Waals surface area contributed by atoms with Gasteiger partial charge in [0.15, 0.2) is 0 Å². The van der Waals surface area contributed by atoms with Crippen LogP contribution in [0.3, 0.4) is 0 Å². The predicted octanol–water partition coefficient (Wildman–Crippen LogP) is 3.54. The molecule has 0 aromatic heterocycles. The van der Waals surface area contributed by atoms with Crippen molar-refractivity contribution in [3.05, 3.63) is 71.8 Å². The van der Waals surface area contributed by atoms with Crippen LogP contribution in [0.2, 0.25) is 0 Å². The molecule has 2 aromatic carbocycles. The van der Waals surface area contributed by atoms with Gasteiger partial charge in [-0.25, -0.2) is 0 Å². The second-order valence-electron chi connectivity index (χ2n) is 4.31. The Balaban J connectivity index is 2.31. The van der Waals surface area contributed by atoms with E-state index in [1.165, 1.54) is 16.3 Å². The van der Waals surface area contributed by atoms with Gasteiger partial charge in [-0.15, -0.1) is 0 Å². The summed E-state index contributed by atoms with van der Waals surface area (Å²) in [5.41, 5.74) is 2.25. The highest BCUT2D eigenvalue weighted by molar-refractivity contribution is 5.88. The molecular weight excluding hydrogens is 208 g/mol. The first-order valence-electron chi connectivity index (χ1n) is 5.86. The van der Waals surface area contributed by atoms with Gasteiger partial charge in [0.1, 0.15) is 0 Å². The summed E-state index contributed by atoms with van der Waals surface area (Å²) in [7, 11) is 0. The molecule has 17 heavy (non-hydrogen) atoms. The summed E-state index contributed by atoms with van der Waals surface area (Å²) in [6.07, 6.45) is 8.46. The van der Waals surface area contributed by atoms with Gasteiger partial charge in [-0.3, -0.25) is 0 Å². The fourth-order valence-corrected chi connectivity index (χ4v) is 2.50. The van der Waals surface area contributed by atoms with E-state index in [1.807, 2.05) is 12.1 Å². The van der Waals surface area contributed by atoms with Gasteiger partial charge in [0, 0.05) is 5.92 Å². The monoisotopic (exact) mass is 222 g/mol. The van der Waals surface area contributed by atoms with Crippen LogP contribution in [-0.4, -0.2) is 5.11 Å². The molecule has 0 spiro atoms. The minimum Gasteiger partial charge on any atom is -0.392 e. The molecule has 1 aliphatic carbocycles. The van der Waals surface area contributed by atoms with Crippen molar-refractivity contribution in [2.24, 2.45) is 0 Å². The van der Waals surface area contributed by atoms with Crippen molar-refractivity contribution >= 4 is 10.8 Å². The molecule has 0 amide bonds. The zero-order chi connectivity index (χ0) is 11.7. The molecule has 0 bridgehead atoms. The van der Waals surface area contributed by atoms with Crippen LogP contribution in [0.5, 0.6) is 0 Å². The molecule has 0 radical (unpaired) electrons. The Bertz CT molecular complexity index is 596. The molecule has 1 heteroatoms. The SMILES string of the molecule is OCc1ccc2ccccc2c1C1C=CC=C1. The average molecular weight is 222 g/mol. The Morgan fingerprint density at radius 1 is 0.941 bits per heavy atom. The lowest BCUT2D eigenvalue weighted by Gasteiger charge is -2.15. The number of allylic oxidation sites excluding steroid dienone is 4. The van der Waals surface area contributed by atoms with E-state index in [2.05, 4.69) is 48.6 Å². The van der Waals surface area contributed by atoms with Crippen molar-refractivity contribution in [3.8, 4) is 0 Å². The van der Waals surface area contributed by atoms with Crippen molar-refractivity contribution in [1.29, 1.82) is 0 Å². The number of aliphatic hydroxyl groups is 1. The molecule has 0 atom stereocenters. The van der Waals surface area contributed by atoms with E-state index in [1.54, 1.807) is 0 Å². The van der Waals surface area contributed by atoms with Crippen LogP contribution in [0.15, 0.2) is 60.7 Å². The Morgan fingerprint density at radius 3 is 2.47 bits per heavy atom. The quantitative estimate of drug-likeness (QED) is 0.824. The zero-order valence-corrected chi connectivity index (χ0v) is 9.51. The first-order chi connectivity index (χ1) is 8.40. The standard InChI is InChI=1S/C16H14O/c17-11-14-10-9-12-5-3-4-8-15(12)16(14)13-6-1-2-7-13/h1-10,13,17H,11H2. The highest BCUT2D eigenvalue weighted by Gasteiger charge is 2.14. The van der Waals surface area contributed by atoms with Crippen LogP contribution in [0.25, 0.3) is 10.8 Å². The number of aliphatic hydroxyl groups excluding tert-OH is 1. The van der Waals surface area contributed by atoms with Crippen LogP contribution in [-0.2, 0) is 6.61 Å². The molecule has 0 unspecified atom stereocenters. The maximum Gasteiger partial charge on any atom is 0.0685 e. The summed E-state index contributed by atoms with van der Waals surface area (Å²) in [5.74, 6) is 0.295. The highest BCUT2D eigenvalue weighted by atomic mass is 16.3. The Labute approximate surface area is 101 Å². The van der Waals surface area contributed by atoms with Gasteiger partial charge in [0.25, 0.3) is 0 Å². The second kappa shape index (κ2) is 4.19. The lowest BCUT2D eigenvalue weighted by atomic mass is 9.90. The number of rotatable bonds is 2. The molecule has 1 N–H and O–H groups in total. The fraction of sp³-hybridized carbons (Fsp3) is 0.125. The topological polar surface area (TPSA) is 20.2 Å². The molecular formula is C16H14O. The summed E-state index contributed by atoms with van der Waals surface area (Å²) < 4.78 is 0. The third-order valence-corrected chi connectivity index (χ3v) is 3.31. The molecule has 3 rings (SSSR count). The van der Waals surface area contributed by atoms with Crippen molar-refractivity contribution in [2.75, 3.05) is 0 Å². The van der Waals surface area contributed by atoms with Crippen molar-refractivity contribution in [2.45, 2.75) is 12.5 Å². The Hall–Kier alpha value is -1.86. The van der Waals surface area contributed by atoms with Gasteiger partial charge in [0.2, 0.25) is 0 Å². The van der Waals surface area contributed by atoms with Crippen LogP contribution in [0.4, 0.5) is 0 Å². The van der Waals surface area contributed by atoms with E-state index >= 15 is 0 Å². The molecule has 0 aliphatic heterocycles. The van der Waals surface area contributed by atoms with E-state index < -0.39 is 0 Å². The molecule has 1 nitrogen and oxygen atoms in total. The van der Waals surface area contributed by atoms with Crippen molar-refractivity contribution < 1.29 is 5.11 Å². The number of fused-ring (bicyclic) bond motifs is 1. The normalized spacial score (nSPS) is 14.9. The summed E-state index contributed by atoms with van der Waals surface area (Å²) in [4.78, 5) is 0. The number of hydrogen-bond donors (Lipinski definition) is 1. The lowest BCUT2D eigenvalue weighted by molar-refractivity contribution is 0.281. The predicted molar refractivity (Wildman–Crippen MR) is 70.9 cm³/mol. The Kier molecular flexibility index (Phi) is 2.54. The van der Waals surface area contributed by atoms with Gasteiger partial charge >= 0.3 is 0 Å². The highest BCUT2D eigenvalue weighted by Crippen LogP contribution is 2.32. The minimum absolute atomic E-state index is 0.0956. The molecule has 0 heterocycles. The number of hydrogen-bond acceptors (Lipinski definition) is 1. The molecule has 0 saturated heterocycles. The van der Waals surface area contributed by atoms with E-state index in [0.29, 0.717) is 5.92 Å². The van der Waals surface area contributed by atoms with Crippen LogP contribution >= 0.6 is 0 Å². The molecule has 84 valence electrons. The maximum atomic E-state index is 9.49. The van der Waals surface area contributed by atoms with Crippen LogP contribution < -0.4 is 0 Å². The second-order valence-corrected chi connectivity index (χ2v) is 4.31. The fourth-order valence-electron chi connectivity index (χ4n) is 2.50. The first kappa shape index (κ1) is 10.3. The summed E-state index contributed by atoms with van der Waals surface area (Å²) >= 11 is 0.